The molecule has 1 aliphatic rings. The molecule has 9 nitrogen and oxygen atoms in total. The maximum absolute atomic E-state index is 13.5. The molecule has 1 fully saturated rings. The third kappa shape index (κ3) is 4.65. The van der Waals surface area contributed by atoms with Crippen LogP contribution in [-0.4, -0.2) is 50.7 Å². The first kappa shape index (κ1) is 20.2. The van der Waals surface area contributed by atoms with Crippen molar-refractivity contribution in [2.45, 2.75) is 30.7 Å². The molecule has 152 valence electrons. The Hall–Kier alpha value is -2.53. The van der Waals surface area contributed by atoms with Crippen molar-refractivity contribution in [1.29, 1.82) is 0 Å². The number of halogens is 1. The molecule has 1 aromatic carbocycles. The number of benzene rings is 1. The minimum Gasteiger partial charge on any atom is -0.495 e. The van der Waals surface area contributed by atoms with E-state index < -0.39 is 15.8 Å². The van der Waals surface area contributed by atoms with Crippen LogP contribution in [0.1, 0.15) is 25.1 Å². The van der Waals surface area contributed by atoms with Gasteiger partial charge in [0, 0.05) is 13.1 Å². The number of piperidine rings is 1. The Balaban J connectivity index is 1.82. The quantitative estimate of drug-likeness (QED) is 0.731. The third-order valence-corrected chi connectivity index (χ3v) is 5.73. The van der Waals surface area contributed by atoms with E-state index in [4.69, 9.17) is 9.47 Å². The van der Waals surface area contributed by atoms with Gasteiger partial charge in [0.1, 0.15) is 16.5 Å². The number of rotatable bonds is 7. The Morgan fingerprint density at radius 3 is 2.54 bits per heavy atom. The Bertz CT molecular complexity index is 935. The van der Waals surface area contributed by atoms with Gasteiger partial charge in [-0.3, -0.25) is 0 Å². The molecule has 0 aliphatic carbocycles. The van der Waals surface area contributed by atoms with Gasteiger partial charge in [-0.2, -0.15) is 15.0 Å². The number of hydrogen-bond acceptors (Lipinski definition) is 8. The summed E-state index contributed by atoms with van der Waals surface area (Å²) < 4.78 is 51.3. The molecule has 1 aromatic heterocycles. The van der Waals surface area contributed by atoms with E-state index in [0.29, 0.717) is 5.95 Å². The second-order valence-corrected chi connectivity index (χ2v) is 7.94. The zero-order chi connectivity index (χ0) is 20.1. The first-order valence-corrected chi connectivity index (χ1v) is 10.3. The molecule has 2 aromatic rings. The number of hydrogen-bond donors (Lipinski definition) is 1. The lowest BCUT2D eigenvalue weighted by Crippen LogP contribution is -2.32. The van der Waals surface area contributed by atoms with Crippen molar-refractivity contribution in [2.24, 2.45) is 0 Å². The molecule has 3 rings (SSSR count). The standard InChI is InChI=1S/C17H22FN5O4S/c1-26-13-7-6-12(18)10-14(13)28(24,25)19-11-15-20-16(22-17(21-15)27-2)23-8-4-3-5-9-23/h6-7,10,19H,3-5,8-9,11H2,1-2H3. The van der Waals surface area contributed by atoms with Crippen molar-refractivity contribution >= 4 is 16.0 Å². The minimum atomic E-state index is -4.05. The van der Waals surface area contributed by atoms with E-state index in [1.54, 1.807) is 0 Å². The highest BCUT2D eigenvalue weighted by Crippen LogP contribution is 2.24. The molecule has 0 saturated carbocycles. The molecular formula is C17H22FN5O4S. The SMILES string of the molecule is COc1nc(CNS(=O)(=O)c2cc(F)ccc2OC)nc(N2CCCCC2)n1. The van der Waals surface area contributed by atoms with Gasteiger partial charge in [-0.25, -0.2) is 17.5 Å². The molecule has 1 aliphatic heterocycles. The van der Waals surface area contributed by atoms with E-state index in [9.17, 15) is 12.8 Å². The molecule has 1 N–H and O–H groups in total. The summed E-state index contributed by atoms with van der Waals surface area (Å²) in [4.78, 5) is 14.4. The fourth-order valence-corrected chi connectivity index (χ4v) is 4.05. The molecule has 0 radical (unpaired) electrons. The monoisotopic (exact) mass is 411 g/mol. The average Bonchev–Trinajstić information content (AvgIpc) is 2.72. The van der Waals surface area contributed by atoms with Crippen molar-refractivity contribution < 1.29 is 22.3 Å². The number of ether oxygens (including phenoxy) is 2. The number of nitrogens with one attached hydrogen (secondary N) is 1. The normalized spacial score (nSPS) is 14.8. The molecule has 0 spiro atoms. The van der Waals surface area contributed by atoms with Crippen LogP contribution in [0, 0.1) is 5.82 Å². The first-order valence-electron chi connectivity index (χ1n) is 8.80. The van der Waals surface area contributed by atoms with Crippen LogP contribution in [-0.2, 0) is 16.6 Å². The lowest BCUT2D eigenvalue weighted by molar-refractivity contribution is 0.374. The van der Waals surface area contributed by atoms with Gasteiger partial charge >= 0.3 is 6.01 Å². The van der Waals surface area contributed by atoms with E-state index in [1.165, 1.54) is 20.3 Å². The zero-order valence-corrected chi connectivity index (χ0v) is 16.5. The van der Waals surface area contributed by atoms with Crippen molar-refractivity contribution in [2.75, 3.05) is 32.2 Å². The summed E-state index contributed by atoms with van der Waals surface area (Å²) in [5.74, 6) is 0.00183. The van der Waals surface area contributed by atoms with Gasteiger partial charge in [-0.1, -0.05) is 0 Å². The van der Waals surface area contributed by atoms with Gasteiger partial charge in [0.15, 0.2) is 5.82 Å². The lowest BCUT2D eigenvalue weighted by atomic mass is 10.1. The highest BCUT2D eigenvalue weighted by molar-refractivity contribution is 7.89. The van der Waals surface area contributed by atoms with Crippen molar-refractivity contribution in [3.8, 4) is 11.8 Å². The van der Waals surface area contributed by atoms with E-state index in [0.717, 1.165) is 44.5 Å². The number of sulfonamides is 1. The van der Waals surface area contributed by atoms with Gasteiger partial charge in [-0.05, 0) is 37.5 Å². The molecule has 1 saturated heterocycles. The van der Waals surface area contributed by atoms with Crippen LogP contribution in [0.15, 0.2) is 23.1 Å². The highest BCUT2D eigenvalue weighted by Gasteiger charge is 2.22. The molecular weight excluding hydrogens is 389 g/mol. The number of anilines is 1. The average molecular weight is 411 g/mol. The zero-order valence-electron chi connectivity index (χ0n) is 15.7. The number of methoxy groups -OCH3 is 2. The molecule has 28 heavy (non-hydrogen) atoms. The maximum Gasteiger partial charge on any atom is 0.321 e. The van der Waals surface area contributed by atoms with E-state index in [2.05, 4.69) is 19.7 Å². The molecule has 0 bridgehead atoms. The predicted octanol–water partition coefficient (Wildman–Crippen LogP) is 1.50. The Kier molecular flexibility index (Phi) is 6.25. The van der Waals surface area contributed by atoms with Crippen LogP contribution in [0.2, 0.25) is 0 Å². The summed E-state index contributed by atoms with van der Waals surface area (Å²) >= 11 is 0. The molecule has 2 heterocycles. The number of aromatic nitrogens is 3. The summed E-state index contributed by atoms with van der Waals surface area (Å²) in [6, 6.07) is 3.38. The van der Waals surface area contributed by atoms with E-state index in [1.807, 2.05) is 4.90 Å². The third-order valence-electron chi connectivity index (χ3n) is 4.31. The molecule has 0 atom stereocenters. The van der Waals surface area contributed by atoms with Gasteiger partial charge in [0.25, 0.3) is 0 Å². The van der Waals surface area contributed by atoms with Crippen LogP contribution in [0.5, 0.6) is 11.8 Å². The second-order valence-electron chi connectivity index (χ2n) is 6.21. The summed E-state index contributed by atoms with van der Waals surface area (Å²) in [6.07, 6.45) is 3.23. The lowest BCUT2D eigenvalue weighted by Gasteiger charge is -2.26. The van der Waals surface area contributed by atoms with Crippen LogP contribution in [0.4, 0.5) is 10.3 Å². The largest absolute Gasteiger partial charge is 0.495 e. The fraction of sp³-hybridized carbons (Fsp3) is 0.471. The second kappa shape index (κ2) is 8.65. The smallest absolute Gasteiger partial charge is 0.321 e. The predicted molar refractivity (Wildman–Crippen MR) is 99.4 cm³/mol. The van der Waals surface area contributed by atoms with Crippen LogP contribution in [0.3, 0.4) is 0 Å². The first-order chi connectivity index (χ1) is 13.4. The maximum atomic E-state index is 13.5. The highest BCUT2D eigenvalue weighted by atomic mass is 32.2. The Labute approximate surface area is 163 Å². The van der Waals surface area contributed by atoms with Gasteiger partial charge < -0.3 is 14.4 Å². The van der Waals surface area contributed by atoms with Gasteiger partial charge in [0.2, 0.25) is 16.0 Å². The Morgan fingerprint density at radius 1 is 1.11 bits per heavy atom. The van der Waals surface area contributed by atoms with E-state index >= 15 is 0 Å². The van der Waals surface area contributed by atoms with Crippen LogP contribution in [0.25, 0.3) is 0 Å². The summed E-state index contributed by atoms with van der Waals surface area (Å²) in [5, 5.41) is 0. The summed E-state index contributed by atoms with van der Waals surface area (Å²) in [5.41, 5.74) is 0. The van der Waals surface area contributed by atoms with Crippen LogP contribution < -0.4 is 19.1 Å². The molecule has 0 amide bonds. The molecule has 0 unspecified atom stereocenters. The molecule has 11 heteroatoms. The fourth-order valence-electron chi connectivity index (χ4n) is 2.89. The van der Waals surface area contributed by atoms with Gasteiger partial charge in [-0.15, -0.1) is 0 Å². The van der Waals surface area contributed by atoms with Crippen molar-refractivity contribution in [3.63, 3.8) is 0 Å². The van der Waals surface area contributed by atoms with Crippen LogP contribution >= 0.6 is 0 Å². The topological polar surface area (TPSA) is 107 Å². The van der Waals surface area contributed by atoms with Gasteiger partial charge in [0.05, 0.1) is 20.8 Å². The van der Waals surface area contributed by atoms with Crippen molar-refractivity contribution in [1.82, 2.24) is 19.7 Å². The summed E-state index contributed by atoms with van der Waals surface area (Å²) in [6.45, 7) is 1.43. The minimum absolute atomic E-state index is 0.0381. The number of nitrogens with zero attached hydrogens (tertiary/aromatic N) is 4. The Morgan fingerprint density at radius 2 is 1.86 bits per heavy atom. The van der Waals surface area contributed by atoms with E-state index in [-0.39, 0.29) is 29.0 Å². The summed E-state index contributed by atoms with van der Waals surface area (Å²) in [7, 11) is -1.31. The van der Waals surface area contributed by atoms with Crippen molar-refractivity contribution in [3.05, 3.63) is 29.8 Å².